The van der Waals surface area contributed by atoms with Crippen molar-refractivity contribution in [2.75, 3.05) is 0 Å². The van der Waals surface area contributed by atoms with E-state index in [-0.39, 0.29) is 0 Å². The summed E-state index contributed by atoms with van der Waals surface area (Å²) in [7, 11) is 0. The van der Waals surface area contributed by atoms with Crippen LogP contribution in [0.25, 0.3) is 13.4 Å². The monoisotopic (exact) mass is 818 g/mol. The first kappa shape index (κ1) is 37.5. The first-order valence-electron chi connectivity index (χ1n) is 16.7. The van der Waals surface area contributed by atoms with Crippen molar-refractivity contribution in [2.45, 2.75) is 32.6 Å². The van der Waals surface area contributed by atoms with E-state index >= 15 is 0 Å². The van der Waals surface area contributed by atoms with Gasteiger partial charge in [0, 0.05) is 23.3 Å². The lowest BCUT2D eigenvalue weighted by Crippen LogP contribution is -1.93. The van der Waals surface area contributed by atoms with E-state index in [1.54, 1.807) is 11.8 Å². The molecule has 0 aliphatic heterocycles. The minimum absolute atomic E-state index is 0.800. The standard InChI is InChI=1S/C46H40ClIS2/c1-34(31-45(40-23-13-6-14-24-40)50-35(2)37-17-7-3-8-18-37)27-29-41-25-15-16-26-42(46(41)47)30-28-36(32-43(48)38-19-9-4-10-20-38)33-44(49)39-21-11-5-12-22-39/h3-14,17-24,27-33H,2,15-16,25-26H2,1H3/b30-28+,34-27+,36-33-,41-29+,43-32-,45-31-. The third-order valence-corrected chi connectivity index (χ3v) is 11.0. The molecule has 0 saturated carbocycles. The summed E-state index contributed by atoms with van der Waals surface area (Å²) >= 11 is 17.2. The first-order chi connectivity index (χ1) is 24.4. The van der Waals surface area contributed by atoms with Crippen LogP contribution in [0.4, 0.5) is 0 Å². The molecule has 0 fully saturated rings. The Morgan fingerprint density at radius 3 is 1.88 bits per heavy atom. The largest absolute Gasteiger partial charge is 0.0895 e. The maximum absolute atomic E-state index is 7.20. The number of hydrogen-bond acceptors (Lipinski definition) is 2. The lowest BCUT2D eigenvalue weighted by Gasteiger charge is -2.11. The second kappa shape index (κ2) is 19.6. The van der Waals surface area contributed by atoms with Crippen molar-refractivity contribution in [1.29, 1.82) is 0 Å². The molecule has 0 atom stereocenters. The lowest BCUT2D eigenvalue weighted by molar-refractivity contribution is 0.756. The van der Waals surface area contributed by atoms with Crippen LogP contribution in [-0.4, -0.2) is 4.86 Å². The van der Waals surface area contributed by atoms with Gasteiger partial charge in [0.15, 0.2) is 0 Å². The molecule has 1 aliphatic rings. The highest BCUT2D eigenvalue weighted by atomic mass is 127. The minimum atomic E-state index is 0.800. The highest BCUT2D eigenvalue weighted by Crippen LogP contribution is 2.39. The van der Waals surface area contributed by atoms with Crippen LogP contribution < -0.4 is 0 Å². The van der Waals surface area contributed by atoms with Gasteiger partial charge in [-0.25, -0.2) is 0 Å². The fourth-order valence-electron chi connectivity index (χ4n) is 5.45. The molecular formula is C46H40ClIS2. The van der Waals surface area contributed by atoms with Crippen molar-refractivity contribution < 1.29 is 0 Å². The summed E-state index contributed by atoms with van der Waals surface area (Å²) in [5.74, 6) is 0. The van der Waals surface area contributed by atoms with Crippen LogP contribution in [0.2, 0.25) is 0 Å². The molecule has 0 N–H and O–H groups in total. The normalized spacial score (nSPS) is 15.8. The van der Waals surface area contributed by atoms with E-state index < -0.39 is 0 Å². The molecule has 50 heavy (non-hydrogen) atoms. The van der Waals surface area contributed by atoms with Crippen molar-refractivity contribution in [3.63, 3.8) is 0 Å². The van der Waals surface area contributed by atoms with Crippen molar-refractivity contribution in [3.8, 4) is 0 Å². The van der Waals surface area contributed by atoms with Crippen LogP contribution in [0.15, 0.2) is 198 Å². The molecule has 4 aromatic carbocycles. The SMILES string of the molecule is C=C(S\C(=C/C(C)=C/C=C1\CCCCC(/C=C/C(=C/C(=S)c2ccccc2)/C=C(\I)c2ccccc2)=C1Cl)c1ccccc1)c1ccccc1. The summed E-state index contributed by atoms with van der Waals surface area (Å²) in [6.45, 7) is 6.53. The van der Waals surface area contributed by atoms with Gasteiger partial charge in [0.25, 0.3) is 0 Å². The average molecular weight is 819 g/mol. The predicted octanol–water partition coefficient (Wildman–Crippen LogP) is 14.7. The fourth-order valence-corrected chi connectivity index (χ4v) is 7.77. The van der Waals surface area contributed by atoms with Crippen molar-refractivity contribution in [2.24, 2.45) is 0 Å². The molecule has 0 spiro atoms. The predicted molar refractivity (Wildman–Crippen MR) is 234 cm³/mol. The summed E-state index contributed by atoms with van der Waals surface area (Å²) in [6, 6.07) is 41.4. The molecule has 0 bridgehead atoms. The quantitative estimate of drug-likeness (QED) is 0.0459. The first-order valence-corrected chi connectivity index (χ1v) is 19.4. The van der Waals surface area contributed by atoms with Crippen LogP contribution in [0, 0.1) is 0 Å². The van der Waals surface area contributed by atoms with Gasteiger partial charge in [-0.15, -0.1) is 0 Å². The summed E-state index contributed by atoms with van der Waals surface area (Å²) in [4.78, 5) is 2.97. The van der Waals surface area contributed by atoms with E-state index in [9.17, 15) is 0 Å². The number of halogens is 2. The fraction of sp³-hybridized carbons (Fsp3) is 0.109. The van der Waals surface area contributed by atoms with Gasteiger partial charge in [-0.3, -0.25) is 0 Å². The molecule has 0 heterocycles. The van der Waals surface area contributed by atoms with E-state index in [1.807, 2.05) is 36.4 Å². The number of hydrogen-bond donors (Lipinski definition) is 0. The Labute approximate surface area is 326 Å². The molecule has 0 aromatic heterocycles. The van der Waals surface area contributed by atoms with E-state index in [2.05, 4.69) is 164 Å². The maximum Gasteiger partial charge on any atom is 0.0469 e. The zero-order chi connectivity index (χ0) is 35.1. The van der Waals surface area contributed by atoms with Gasteiger partial charge >= 0.3 is 0 Å². The highest BCUT2D eigenvalue weighted by Gasteiger charge is 2.13. The van der Waals surface area contributed by atoms with Gasteiger partial charge in [0.2, 0.25) is 0 Å². The molecule has 0 radical (unpaired) electrons. The highest BCUT2D eigenvalue weighted by molar-refractivity contribution is 14.1. The number of benzene rings is 4. The summed E-state index contributed by atoms with van der Waals surface area (Å²) < 4.78 is 1.14. The number of allylic oxidation sites excluding steroid dienone is 12. The van der Waals surface area contributed by atoms with Crippen LogP contribution in [-0.2, 0) is 0 Å². The molecule has 4 heteroatoms. The number of thiocarbonyl (C=S) groups is 1. The molecule has 250 valence electrons. The van der Waals surface area contributed by atoms with E-state index in [0.29, 0.717) is 0 Å². The molecule has 1 aliphatic carbocycles. The summed E-state index contributed by atoms with van der Waals surface area (Å²) in [6.07, 6.45) is 19.3. The zero-order valence-electron chi connectivity index (χ0n) is 28.2. The van der Waals surface area contributed by atoms with Gasteiger partial charge in [-0.2, -0.15) is 0 Å². The Morgan fingerprint density at radius 1 is 0.720 bits per heavy atom. The summed E-state index contributed by atoms with van der Waals surface area (Å²) in [5, 5.41) is 0.841. The Balaban J connectivity index is 1.44. The Kier molecular flexibility index (Phi) is 14.7. The van der Waals surface area contributed by atoms with Gasteiger partial charge in [-0.1, -0.05) is 188 Å². The third kappa shape index (κ3) is 11.4. The molecule has 5 rings (SSSR count). The average Bonchev–Trinajstić information content (AvgIpc) is 3.34. The van der Waals surface area contributed by atoms with E-state index in [1.165, 1.54) is 16.7 Å². The smallest absolute Gasteiger partial charge is 0.0469 e. The molecule has 0 amide bonds. The third-order valence-electron chi connectivity index (χ3n) is 8.18. The topological polar surface area (TPSA) is 0 Å². The maximum atomic E-state index is 7.20. The molecule has 4 aromatic rings. The zero-order valence-corrected chi connectivity index (χ0v) is 32.7. The van der Waals surface area contributed by atoms with Crippen molar-refractivity contribution >= 4 is 76.4 Å². The van der Waals surface area contributed by atoms with Crippen molar-refractivity contribution in [3.05, 3.63) is 220 Å². The van der Waals surface area contributed by atoms with Crippen LogP contribution in [0.5, 0.6) is 0 Å². The molecule has 0 unspecified atom stereocenters. The van der Waals surface area contributed by atoms with Crippen LogP contribution in [0.1, 0.15) is 54.9 Å². The van der Waals surface area contributed by atoms with Gasteiger partial charge in [0.05, 0.1) is 0 Å². The Hall–Kier alpha value is -3.74. The molecule has 0 nitrogen and oxygen atoms in total. The second-order valence-electron chi connectivity index (χ2n) is 12.0. The van der Waals surface area contributed by atoms with Crippen LogP contribution >= 0.6 is 58.2 Å². The molecular weight excluding hydrogens is 779 g/mol. The molecule has 0 saturated heterocycles. The Morgan fingerprint density at radius 2 is 1.26 bits per heavy atom. The van der Waals surface area contributed by atoms with Crippen LogP contribution in [0.3, 0.4) is 0 Å². The van der Waals surface area contributed by atoms with Gasteiger partial charge in [-0.05, 0) is 118 Å². The van der Waals surface area contributed by atoms with E-state index in [0.717, 1.165) is 76.8 Å². The van der Waals surface area contributed by atoms with E-state index in [4.69, 9.17) is 23.8 Å². The summed E-state index contributed by atoms with van der Waals surface area (Å²) in [5.41, 5.74) is 8.99. The lowest BCUT2D eigenvalue weighted by atomic mass is 10.0. The van der Waals surface area contributed by atoms with Gasteiger partial charge < -0.3 is 0 Å². The second-order valence-corrected chi connectivity index (χ2v) is 15.1. The number of thioether (sulfide) groups is 1. The Bertz CT molecular complexity index is 2000. The number of rotatable bonds is 12. The van der Waals surface area contributed by atoms with Crippen molar-refractivity contribution in [1.82, 2.24) is 0 Å². The van der Waals surface area contributed by atoms with Gasteiger partial charge in [0.1, 0.15) is 0 Å². The minimum Gasteiger partial charge on any atom is -0.0895 e.